The van der Waals surface area contributed by atoms with Gasteiger partial charge >= 0.3 is 0 Å². The van der Waals surface area contributed by atoms with Crippen LogP contribution >= 0.6 is 11.8 Å². The SMILES string of the molecule is CC(=O)CCCSc1ccccc1. The number of Topliss-reactive ketones (excluding diaryl/α,β-unsaturated/α-hetero) is 1. The van der Waals surface area contributed by atoms with Gasteiger partial charge in [-0.15, -0.1) is 11.8 Å². The monoisotopic (exact) mass is 194 g/mol. The van der Waals surface area contributed by atoms with E-state index in [1.54, 1.807) is 6.92 Å². The van der Waals surface area contributed by atoms with E-state index in [1.807, 2.05) is 30.0 Å². The summed E-state index contributed by atoms with van der Waals surface area (Å²) < 4.78 is 0. The number of rotatable bonds is 5. The Morgan fingerprint density at radius 1 is 1.31 bits per heavy atom. The maximum absolute atomic E-state index is 10.6. The second kappa shape index (κ2) is 5.81. The molecule has 0 unspecified atom stereocenters. The van der Waals surface area contributed by atoms with Gasteiger partial charge in [0.1, 0.15) is 5.78 Å². The lowest BCUT2D eigenvalue weighted by atomic mass is 10.3. The van der Waals surface area contributed by atoms with Crippen molar-refractivity contribution < 1.29 is 4.79 Å². The first-order valence-corrected chi connectivity index (χ1v) is 5.45. The van der Waals surface area contributed by atoms with Crippen LogP contribution in [0.1, 0.15) is 19.8 Å². The fourth-order valence-corrected chi connectivity index (χ4v) is 1.90. The molecule has 1 nitrogen and oxygen atoms in total. The molecule has 0 aliphatic rings. The van der Waals surface area contributed by atoms with Gasteiger partial charge in [0.25, 0.3) is 0 Å². The van der Waals surface area contributed by atoms with E-state index in [2.05, 4.69) is 12.1 Å². The molecule has 0 aliphatic carbocycles. The Bertz CT molecular complexity index is 256. The second-order valence-electron chi connectivity index (χ2n) is 2.97. The van der Waals surface area contributed by atoms with E-state index < -0.39 is 0 Å². The molecular weight excluding hydrogens is 180 g/mol. The average molecular weight is 194 g/mol. The lowest BCUT2D eigenvalue weighted by Gasteiger charge is -1.99. The zero-order valence-electron chi connectivity index (χ0n) is 7.82. The van der Waals surface area contributed by atoms with Crippen molar-refractivity contribution in [2.24, 2.45) is 0 Å². The molecule has 0 aliphatic heterocycles. The molecule has 1 aromatic carbocycles. The summed E-state index contributed by atoms with van der Waals surface area (Å²) in [4.78, 5) is 11.9. The molecule has 0 amide bonds. The molecule has 0 aromatic heterocycles. The van der Waals surface area contributed by atoms with Crippen molar-refractivity contribution in [3.05, 3.63) is 30.3 Å². The largest absolute Gasteiger partial charge is 0.300 e. The molecule has 1 rings (SSSR count). The highest BCUT2D eigenvalue weighted by Gasteiger charge is 1.95. The lowest BCUT2D eigenvalue weighted by molar-refractivity contribution is -0.117. The maximum Gasteiger partial charge on any atom is 0.129 e. The number of ketones is 1. The van der Waals surface area contributed by atoms with E-state index in [-0.39, 0.29) is 5.78 Å². The molecule has 0 spiro atoms. The minimum Gasteiger partial charge on any atom is -0.300 e. The number of carbonyl (C=O) groups is 1. The predicted octanol–water partition coefficient (Wildman–Crippen LogP) is 3.15. The molecule has 0 saturated heterocycles. The van der Waals surface area contributed by atoms with Crippen molar-refractivity contribution >= 4 is 17.5 Å². The average Bonchev–Trinajstić information content (AvgIpc) is 2.14. The summed E-state index contributed by atoms with van der Waals surface area (Å²) in [5.74, 6) is 1.32. The lowest BCUT2D eigenvalue weighted by Crippen LogP contribution is -1.90. The molecule has 0 N–H and O–H groups in total. The molecule has 0 bridgehead atoms. The molecule has 0 heterocycles. The van der Waals surface area contributed by atoms with Gasteiger partial charge in [-0.05, 0) is 31.2 Å². The minimum atomic E-state index is 0.286. The van der Waals surface area contributed by atoms with E-state index in [4.69, 9.17) is 0 Å². The summed E-state index contributed by atoms with van der Waals surface area (Å²) in [5, 5.41) is 0. The standard InChI is InChI=1S/C11H14OS/c1-10(12)6-5-9-13-11-7-3-2-4-8-11/h2-4,7-8H,5-6,9H2,1H3. The third-order valence-electron chi connectivity index (χ3n) is 1.69. The number of thioether (sulfide) groups is 1. The number of carbonyl (C=O) groups excluding carboxylic acids is 1. The van der Waals surface area contributed by atoms with E-state index in [0.717, 1.165) is 12.2 Å². The summed E-state index contributed by atoms with van der Waals surface area (Å²) in [6, 6.07) is 10.3. The van der Waals surface area contributed by atoms with Gasteiger partial charge in [0.2, 0.25) is 0 Å². The molecule has 0 saturated carbocycles. The van der Waals surface area contributed by atoms with Gasteiger partial charge in [0.15, 0.2) is 0 Å². The Kier molecular flexibility index (Phi) is 4.61. The molecule has 0 atom stereocenters. The van der Waals surface area contributed by atoms with Crippen molar-refractivity contribution in [3.63, 3.8) is 0 Å². The highest BCUT2D eigenvalue weighted by molar-refractivity contribution is 7.99. The van der Waals surface area contributed by atoms with Gasteiger partial charge in [-0.1, -0.05) is 18.2 Å². The van der Waals surface area contributed by atoms with E-state index in [1.165, 1.54) is 4.90 Å². The fourth-order valence-electron chi connectivity index (χ4n) is 1.03. The fraction of sp³-hybridized carbons (Fsp3) is 0.364. The van der Waals surface area contributed by atoms with E-state index >= 15 is 0 Å². The Labute approximate surface area is 83.5 Å². The summed E-state index contributed by atoms with van der Waals surface area (Å²) in [6.45, 7) is 1.65. The number of hydrogen-bond acceptors (Lipinski definition) is 2. The van der Waals surface area contributed by atoms with Gasteiger partial charge in [-0.3, -0.25) is 0 Å². The summed E-state index contributed by atoms with van der Waals surface area (Å²) in [6.07, 6.45) is 1.69. The van der Waals surface area contributed by atoms with Crippen molar-refractivity contribution in [1.82, 2.24) is 0 Å². The van der Waals surface area contributed by atoms with Crippen molar-refractivity contribution in [3.8, 4) is 0 Å². The third-order valence-corrected chi connectivity index (χ3v) is 2.78. The molecule has 70 valence electrons. The van der Waals surface area contributed by atoms with Crippen LogP contribution in [0.3, 0.4) is 0 Å². The van der Waals surface area contributed by atoms with Crippen LogP contribution in [-0.4, -0.2) is 11.5 Å². The summed E-state index contributed by atoms with van der Waals surface area (Å²) in [7, 11) is 0. The first kappa shape index (κ1) is 10.3. The second-order valence-corrected chi connectivity index (χ2v) is 4.14. The Morgan fingerprint density at radius 3 is 2.62 bits per heavy atom. The van der Waals surface area contributed by atoms with Crippen LogP contribution in [0.4, 0.5) is 0 Å². The predicted molar refractivity (Wildman–Crippen MR) is 57.1 cm³/mol. The number of hydrogen-bond donors (Lipinski definition) is 0. The first-order chi connectivity index (χ1) is 6.29. The highest BCUT2D eigenvalue weighted by Crippen LogP contribution is 2.18. The Hall–Kier alpha value is -0.760. The van der Waals surface area contributed by atoms with E-state index in [0.29, 0.717) is 6.42 Å². The van der Waals surface area contributed by atoms with Gasteiger partial charge in [0, 0.05) is 11.3 Å². The number of benzene rings is 1. The first-order valence-electron chi connectivity index (χ1n) is 4.46. The van der Waals surface area contributed by atoms with Crippen LogP contribution in [-0.2, 0) is 4.79 Å². The molecule has 0 fully saturated rings. The highest BCUT2D eigenvalue weighted by atomic mass is 32.2. The molecule has 0 radical (unpaired) electrons. The van der Waals surface area contributed by atoms with Gasteiger partial charge in [-0.25, -0.2) is 0 Å². The maximum atomic E-state index is 10.6. The van der Waals surface area contributed by atoms with Crippen LogP contribution in [0.15, 0.2) is 35.2 Å². The van der Waals surface area contributed by atoms with Crippen LogP contribution in [0.5, 0.6) is 0 Å². The van der Waals surface area contributed by atoms with Gasteiger partial charge < -0.3 is 4.79 Å². The smallest absolute Gasteiger partial charge is 0.129 e. The zero-order valence-corrected chi connectivity index (χ0v) is 8.64. The van der Waals surface area contributed by atoms with Crippen molar-refractivity contribution in [1.29, 1.82) is 0 Å². The quantitative estimate of drug-likeness (QED) is 0.529. The van der Waals surface area contributed by atoms with Crippen molar-refractivity contribution in [2.75, 3.05) is 5.75 Å². The van der Waals surface area contributed by atoms with Crippen LogP contribution in [0, 0.1) is 0 Å². The topological polar surface area (TPSA) is 17.1 Å². The normalized spacial score (nSPS) is 9.92. The minimum absolute atomic E-state index is 0.286. The van der Waals surface area contributed by atoms with Crippen LogP contribution in [0.25, 0.3) is 0 Å². The molecule has 1 aromatic rings. The van der Waals surface area contributed by atoms with Gasteiger partial charge in [0.05, 0.1) is 0 Å². The van der Waals surface area contributed by atoms with E-state index in [9.17, 15) is 4.79 Å². The third kappa shape index (κ3) is 4.73. The summed E-state index contributed by atoms with van der Waals surface area (Å²) in [5.41, 5.74) is 0. The van der Waals surface area contributed by atoms with Gasteiger partial charge in [-0.2, -0.15) is 0 Å². The molecule has 13 heavy (non-hydrogen) atoms. The van der Waals surface area contributed by atoms with Crippen LogP contribution < -0.4 is 0 Å². The molecule has 2 heteroatoms. The molecular formula is C11H14OS. The summed E-state index contributed by atoms with van der Waals surface area (Å²) >= 11 is 1.81. The Morgan fingerprint density at radius 2 is 2.00 bits per heavy atom. The Balaban J connectivity index is 2.17. The zero-order chi connectivity index (χ0) is 9.52. The van der Waals surface area contributed by atoms with Crippen LogP contribution in [0.2, 0.25) is 0 Å². The van der Waals surface area contributed by atoms with Crippen molar-refractivity contribution in [2.45, 2.75) is 24.7 Å².